The number of cyclic esters (lactones) is 1. The third-order valence-corrected chi connectivity index (χ3v) is 1.76. The molecule has 0 aromatic rings. The SMILES string of the molecule is COC(OC)C1OC(=O)CC1O. The van der Waals surface area contributed by atoms with Gasteiger partial charge in [0.1, 0.15) is 6.10 Å². The average Bonchev–Trinajstić information content (AvgIpc) is 2.34. The number of aliphatic hydroxyl groups is 1. The van der Waals surface area contributed by atoms with E-state index in [4.69, 9.17) is 14.2 Å². The van der Waals surface area contributed by atoms with Crippen molar-refractivity contribution < 1.29 is 24.1 Å². The number of hydrogen-bond acceptors (Lipinski definition) is 5. The summed E-state index contributed by atoms with van der Waals surface area (Å²) >= 11 is 0. The molecule has 5 nitrogen and oxygen atoms in total. The van der Waals surface area contributed by atoms with E-state index in [0.29, 0.717) is 0 Å². The molecule has 0 aromatic carbocycles. The predicted octanol–water partition coefficient (Wildman–Crippen LogP) is -0.718. The van der Waals surface area contributed by atoms with E-state index in [1.165, 1.54) is 14.2 Å². The first-order valence-electron chi connectivity index (χ1n) is 3.62. The van der Waals surface area contributed by atoms with Crippen LogP contribution in [-0.4, -0.2) is 43.8 Å². The Morgan fingerprint density at radius 3 is 2.50 bits per heavy atom. The number of carbonyl (C=O) groups excluding carboxylic acids is 1. The minimum absolute atomic E-state index is 0.00782. The zero-order valence-electron chi connectivity index (χ0n) is 7.02. The van der Waals surface area contributed by atoms with Gasteiger partial charge in [-0.15, -0.1) is 0 Å². The first kappa shape index (κ1) is 9.44. The maximum atomic E-state index is 10.7. The molecule has 0 saturated carbocycles. The van der Waals surface area contributed by atoms with Gasteiger partial charge in [-0.2, -0.15) is 0 Å². The Morgan fingerprint density at radius 1 is 1.58 bits per heavy atom. The Hall–Kier alpha value is -0.650. The van der Waals surface area contributed by atoms with Crippen molar-refractivity contribution in [1.82, 2.24) is 0 Å². The number of methoxy groups -OCH3 is 2. The number of ether oxygens (including phenoxy) is 3. The van der Waals surface area contributed by atoms with Crippen molar-refractivity contribution in [3.8, 4) is 0 Å². The molecule has 12 heavy (non-hydrogen) atoms. The molecule has 2 atom stereocenters. The van der Waals surface area contributed by atoms with Gasteiger partial charge in [-0.05, 0) is 0 Å². The normalized spacial score (nSPS) is 29.5. The summed E-state index contributed by atoms with van der Waals surface area (Å²) < 4.78 is 14.5. The number of hydrogen-bond donors (Lipinski definition) is 1. The molecule has 70 valence electrons. The number of aliphatic hydroxyl groups excluding tert-OH is 1. The first-order chi connectivity index (χ1) is 5.69. The predicted molar refractivity (Wildman–Crippen MR) is 38.3 cm³/mol. The van der Waals surface area contributed by atoms with Crippen molar-refractivity contribution in [2.75, 3.05) is 14.2 Å². The minimum Gasteiger partial charge on any atom is -0.454 e. The number of carbonyl (C=O) groups is 1. The van der Waals surface area contributed by atoms with E-state index in [1.54, 1.807) is 0 Å². The molecule has 0 bridgehead atoms. The van der Waals surface area contributed by atoms with Crippen molar-refractivity contribution in [2.45, 2.75) is 24.9 Å². The average molecular weight is 176 g/mol. The van der Waals surface area contributed by atoms with Crippen LogP contribution in [0.1, 0.15) is 6.42 Å². The largest absolute Gasteiger partial charge is 0.454 e. The van der Waals surface area contributed by atoms with Gasteiger partial charge < -0.3 is 19.3 Å². The topological polar surface area (TPSA) is 65.0 Å². The van der Waals surface area contributed by atoms with Gasteiger partial charge in [0.25, 0.3) is 0 Å². The highest BCUT2D eigenvalue weighted by Gasteiger charge is 2.39. The lowest BCUT2D eigenvalue weighted by Crippen LogP contribution is -2.37. The van der Waals surface area contributed by atoms with Gasteiger partial charge in [0.05, 0.1) is 6.42 Å². The molecule has 0 aliphatic carbocycles. The van der Waals surface area contributed by atoms with Crippen LogP contribution >= 0.6 is 0 Å². The molecule has 1 heterocycles. The van der Waals surface area contributed by atoms with E-state index >= 15 is 0 Å². The van der Waals surface area contributed by atoms with Crippen molar-refractivity contribution in [3.63, 3.8) is 0 Å². The zero-order chi connectivity index (χ0) is 9.14. The summed E-state index contributed by atoms with van der Waals surface area (Å²) in [5.41, 5.74) is 0. The third-order valence-electron chi connectivity index (χ3n) is 1.76. The Labute approximate surface area is 70.2 Å². The van der Waals surface area contributed by atoms with Gasteiger partial charge in [0.2, 0.25) is 0 Å². The summed E-state index contributed by atoms with van der Waals surface area (Å²) in [5, 5.41) is 9.29. The van der Waals surface area contributed by atoms with Crippen LogP contribution in [0.15, 0.2) is 0 Å². The van der Waals surface area contributed by atoms with E-state index in [-0.39, 0.29) is 6.42 Å². The monoisotopic (exact) mass is 176 g/mol. The molecule has 1 saturated heterocycles. The Balaban J connectivity index is 2.55. The molecule has 1 N–H and O–H groups in total. The second-order valence-corrected chi connectivity index (χ2v) is 2.57. The van der Waals surface area contributed by atoms with Gasteiger partial charge in [0.15, 0.2) is 12.4 Å². The number of esters is 1. The van der Waals surface area contributed by atoms with Crippen LogP contribution in [0.25, 0.3) is 0 Å². The van der Waals surface area contributed by atoms with Crippen LogP contribution in [0.3, 0.4) is 0 Å². The lowest BCUT2D eigenvalue weighted by molar-refractivity contribution is -0.190. The molecule has 1 aliphatic heterocycles. The summed E-state index contributed by atoms with van der Waals surface area (Å²) in [4.78, 5) is 10.7. The van der Waals surface area contributed by atoms with E-state index in [0.717, 1.165) is 0 Å². The van der Waals surface area contributed by atoms with Gasteiger partial charge in [0, 0.05) is 14.2 Å². The smallest absolute Gasteiger partial charge is 0.309 e. The lowest BCUT2D eigenvalue weighted by Gasteiger charge is -2.21. The molecule has 0 spiro atoms. The highest BCUT2D eigenvalue weighted by Crippen LogP contribution is 2.19. The summed E-state index contributed by atoms with van der Waals surface area (Å²) in [6.07, 6.45) is -2.21. The van der Waals surface area contributed by atoms with Crippen LogP contribution < -0.4 is 0 Å². The van der Waals surface area contributed by atoms with Crippen molar-refractivity contribution in [3.05, 3.63) is 0 Å². The van der Waals surface area contributed by atoms with Gasteiger partial charge >= 0.3 is 5.97 Å². The molecule has 1 rings (SSSR count). The highest BCUT2D eigenvalue weighted by atomic mass is 16.7. The molecule has 1 aliphatic rings. The van der Waals surface area contributed by atoms with Gasteiger partial charge in [-0.1, -0.05) is 0 Å². The summed E-state index contributed by atoms with van der Waals surface area (Å²) in [6.45, 7) is 0. The van der Waals surface area contributed by atoms with Gasteiger partial charge in [-0.25, -0.2) is 0 Å². The van der Waals surface area contributed by atoms with Crippen LogP contribution in [-0.2, 0) is 19.0 Å². The molecule has 2 unspecified atom stereocenters. The molecule has 0 radical (unpaired) electrons. The fourth-order valence-electron chi connectivity index (χ4n) is 1.17. The quantitative estimate of drug-likeness (QED) is 0.454. The van der Waals surface area contributed by atoms with Crippen molar-refractivity contribution >= 4 is 5.97 Å². The molecular weight excluding hydrogens is 164 g/mol. The second-order valence-electron chi connectivity index (χ2n) is 2.57. The summed E-state index contributed by atoms with van der Waals surface area (Å²) in [6, 6.07) is 0. The van der Waals surface area contributed by atoms with E-state index in [1.807, 2.05) is 0 Å². The zero-order valence-corrected chi connectivity index (χ0v) is 7.02. The Kier molecular flexibility index (Phi) is 3.02. The Morgan fingerprint density at radius 2 is 2.17 bits per heavy atom. The fraction of sp³-hybridized carbons (Fsp3) is 0.857. The van der Waals surface area contributed by atoms with Gasteiger partial charge in [-0.3, -0.25) is 4.79 Å². The lowest BCUT2D eigenvalue weighted by atomic mass is 10.2. The molecular formula is C7H12O5. The first-order valence-corrected chi connectivity index (χ1v) is 3.62. The Bertz CT molecular complexity index is 165. The van der Waals surface area contributed by atoms with Crippen LogP contribution in [0.5, 0.6) is 0 Å². The van der Waals surface area contributed by atoms with Crippen LogP contribution in [0, 0.1) is 0 Å². The molecule has 0 aromatic heterocycles. The third kappa shape index (κ3) is 1.74. The summed E-state index contributed by atoms with van der Waals surface area (Å²) in [7, 11) is 2.85. The van der Waals surface area contributed by atoms with E-state index < -0.39 is 24.5 Å². The summed E-state index contributed by atoms with van der Waals surface area (Å²) in [5.74, 6) is -0.424. The van der Waals surface area contributed by atoms with Crippen LogP contribution in [0.2, 0.25) is 0 Å². The van der Waals surface area contributed by atoms with E-state index in [9.17, 15) is 9.90 Å². The second kappa shape index (κ2) is 3.84. The highest BCUT2D eigenvalue weighted by molar-refractivity contribution is 5.72. The van der Waals surface area contributed by atoms with Crippen LogP contribution in [0.4, 0.5) is 0 Å². The van der Waals surface area contributed by atoms with E-state index in [2.05, 4.69) is 0 Å². The fourth-order valence-corrected chi connectivity index (χ4v) is 1.17. The number of rotatable bonds is 3. The standard InChI is InChI=1S/C7H12O5/c1-10-7(11-2)6-4(8)3-5(9)12-6/h4,6-8H,3H2,1-2H3. The molecule has 5 heteroatoms. The molecule has 0 amide bonds. The van der Waals surface area contributed by atoms with Crippen molar-refractivity contribution in [2.24, 2.45) is 0 Å². The minimum atomic E-state index is -0.831. The van der Waals surface area contributed by atoms with Crippen molar-refractivity contribution in [1.29, 1.82) is 0 Å². The molecule has 1 fully saturated rings. The maximum absolute atomic E-state index is 10.7. The maximum Gasteiger partial charge on any atom is 0.309 e.